The monoisotopic (exact) mass is 347 g/mol. The fraction of sp³-hybridized carbons (Fsp3) is 0.263. The van der Waals surface area contributed by atoms with Crippen LogP contribution in [0.4, 0.5) is 8.78 Å². The Morgan fingerprint density at radius 1 is 1.04 bits per heavy atom. The molecule has 0 radical (unpaired) electrons. The van der Waals surface area contributed by atoms with Crippen molar-refractivity contribution in [2.24, 2.45) is 0 Å². The van der Waals surface area contributed by atoms with E-state index in [1.54, 1.807) is 13.1 Å². The van der Waals surface area contributed by atoms with Gasteiger partial charge in [-0.3, -0.25) is 4.79 Å². The summed E-state index contributed by atoms with van der Waals surface area (Å²) in [5.74, 6) is -5.27. The van der Waals surface area contributed by atoms with E-state index in [1.807, 2.05) is 6.92 Å². The maximum absolute atomic E-state index is 14.8. The standard InChI is InChI=1S/C19H19F2NO3/c1-3-9-22(2)17(23)13-10-14(18(24)25)12-16(11-13)19(20,21)15-7-5-4-6-8-15/h4-8,10-12H,3,9H2,1-2H3,(H,24,25). The van der Waals surface area contributed by atoms with E-state index in [1.165, 1.54) is 29.2 Å². The Morgan fingerprint density at radius 2 is 1.64 bits per heavy atom. The normalized spacial score (nSPS) is 11.2. The van der Waals surface area contributed by atoms with Crippen LogP contribution in [0.2, 0.25) is 0 Å². The van der Waals surface area contributed by atoms with Crippen LogP contribution in [0.25, 0.3) is 0 Å². The molecular weight excluding hydrogens is 328 g/mol. The summed E-state index contributed by atoms with van der Waals surface area (Å²) in [6, 6.07) is 10.2. The summed E-state index contributed by atoms with van der Waals surface area (Å²) in [5, 5.41) is 9.22. The zero-order chi connectivity index (χ0) is 18.6. The maximum Gasteiger partial charge on any atom is 0.335 e. The SMILES string of the molecule is CCCN(C)C(=O)c1cc(C(=O)O)cc(C(F)(F)c2ccccc2)c1. The number of nitrogens with zero attached hydrogens (tertiary/aromatic N) is 1. The van der Waals surface area contributed by atoms with Crippen molar-refractivity contribution in [2.45, 2.75) is 19.3 Å². The highest BCUT2D eigenvalue weighted by Gasteiger charge is 2.35. The van der Waals surface area contributed by atoms with E-state index in [9.17, 15) is 23.5 Å². The minimum atomic E-state index is -3.41. The van der Waals surface area contributed by atoms with Crippen molar-refractivity contribution in [3.63, 3.8) is 0 Å². The van der Waals surface area contributed by atoms with Crippen molar-refractivity contribution >= 4 is 11.9 Å². The fourth-order valence-corrected chi connectivity index (χ4v) is 2.53. The largest absolute Gasteiger partial charge is 0.478 e. The maximum atomic E-state index is 14.8. The first kappa shape index (κ1) is 18.6. The number of carbonyl (C=O) groups is 2. The highest BCUT2D eigenvalue weighted by Crippen LogP contribution is 2.36. The Bertz CT molecular complexity index is 775. The Labute approximate surface area is 144 Å². The van der Waals surface area contributed by atoms with E-state index < -0.39 is 23.4 Å². The summed E-state index contributed by atoms with van der Waals surface area (Å²) in [5.41, 5.74) is -1.20. The van der Waals surface area contributed by atoms with Gasteiger partial charge >= 0.3 is 5.97 Å². The number of amides is 1. The first-order chi connectivity index (χ1) is 11.8. The van der Waals surface area contributed by atoms with Crippen molar-refractivity contribution in [3.05, 3.63) is 70.8 Å². The molecule has 6 heteroatoms. The Kier molecular flexibility index (Phi) is 5.51. The van der Waals surface area contributed by atoms with E-state index in [-0.39, 0.29) is 16.7 Å². The second-order valence-electron chi connectivity index (χ2n) is 5.77. The molecule has 4 nitrogen and oxygen atoms in total. The number of carboxylic acids is 1. The number of hydrogen-bond donors (Lipinski definition) is 1. The smallest absolute Gasteiger partial charge is 0.335 e. The molecule has 0 aliphatic carbocycles. The summed E-state index contributed by atoms with van der Waals surface area (Å²) in [6.45, 7) is 2.33. The van der Waals surface area contributed by atoms with E-state index in [2.05, 4.69) is 0 Å². The summed E-state index contributed by atoms with van der Waals surface area (Å²) in [4.78, 5) is 25.1. The molecule has 2 aromatic rings. The van der Waals surface area contributed by atoms with Crippen LogP contribution in [0, 0.1) is 0 Å². The van der Waals surface area contributed by atoms with Crippen molar-refractivity contribution < 1.29 is 23.5 Å². The number of carbonyl (C=O) groups excluding carboxylic acids is 1. The van der Waals surface area contributed by atoms with E-state index in [4.69, 9.17) is 0 Å². The zero-order valence-corrected chi connectivity index (χ0v) is 14.0. The molecule has 0 spiro atoms. The first-order valence-corrected chi connectivity index (χ1v) is 7.85. The van der Waals surface area contributed by atoms with Crippen LogP contribution in [-0.2, 0) is 5.92 Å². The lowest BCUT2D eigenvalue weighted by molar-refractivity contribution is 0.0426. The molecule has 0 aromatic heterocycles. The molecular formula is C19H19F2NO3. The number of rotatable bonds is 6. The summed E-state index contributed by atoms with van der Waals surface area (Å²) in [7, 11) is 1.55. The molecule has 25 heavy (non-hydrogen) atoms. The molecule has 132 valence electrons. The third kappa shape index (κ3) is 4.02. The molecule has 0 aliphatic heterocycles. The second-order valence-corrected chi connectivity index (χ2v) is 5.77. The second kappa shape index (κ2) is 7.42. The van der Waals surface area contributed by atoms with Crippen LogP contribution in [0.5, 0.6) is 0 Å². The molecule has 0 unspecified atom stereocenters. The number of benzene rings is 2. The molecule has 0 aliphatic rings. The van der Waals surface area contributed by atoms with Crippen LogP contribution < -0.4 is 0 Å². The number of alkyl halides is 2. The molecule has 0 fully saturated rings. The first-order valence-electron chi connectivity index (χ1n) is 7.85. The molecule has 0 saturated carbocycles. The Hall–Kier alpha value is -2.76. The van der Waals surface area contributed by atoms with Gasteiger partial charge in [-0.2, -0.15) is 8.78 Å². The molecule has 0 atom stereocenters. The minimum Gasteiger partial charge on any atom is -0.478 e. The van der Waals surface area contributed by atoms with Crippen LogP contribution in [0.3, 0.4) is 0 Å². The van der Waals surface area contributed by atoms with Gasteiger partial charge in [0.15, 0.2) is 0 Å². The third-order valence-corrected chi connectivity index (χ3v) is 3.83. The van der Waals surface area contributed by atoms with Crippen LogP contribution >= 0.6 is 0 Å². The molecule has 1 N–H and O–H groups in total. The lowest BCUT2D eigenvalue weighted by Crippen LogP contribution is -2.28. The van der Waals surface area contributed by atoms with Gasteiger partial charge in [-0.25, -0.2) is 4.79 Å². The lowest BCUT2D eigenvalue weighted by Gasteiger charge is -2.21. The highest BCUT2D eigenvalue weighted by atomic mass is 19.3. The highest BCUT2D eigenvalue weighted by molar-refractivity contribution is 5.97. The predicted molar refractivity (Wildman–Crippen MR) is 90.1 cm³/mol. The zero-order valence-electron chi connectivity index (χ0n) is 14.0. The van der Waals surface area contributed by atoms with E-state index in [0.717, 1.165) is 18.2 Å². The van der Waals surface area contributed by atoms with E-state index >= 15 is 0 Å². The van der Waals surface area contributed by atoms with Crippen LogP contribution in [0.1, 0.15) is 45.2 Å². The van der Waals surface area contributed by atoms with Crippen molar-refractivity contribution in [1.29, 1.82) is 0 Å². The Morgan fingerprint density at radius 3 is 2.20 bits per heavy atom. The average molecular weight is 347 g/mol. The van der Waals surface area contributed by atoms with Crippen LogP contribution in [0.15, 0.2) is 48.5 Å². The third-order valence-electron chi connectivity index (χ3n) is 3.83. The number of hydrogen-bond acceptors (Lipinski definition) is 2. The Balaban J connectivity index is 2.55. The molecule has 0 saturated heterocycles. The fourth-order valence-electron chi connectivity index (χ4n) is 2.53. The van der Waals surface area contributed by atoms with Gasteiger partial charge < -0.3 is 10.0 Å². The number of halogens is 2. The van der Waals surface area contributed by atoms with Gasteiger partial charge in [0.2, 0.25) is 0 Å². The predicted octanol–water partition coefficient (Wildman–Crippen LogP) is 4.01. The summed E-state index contributed by atoms with van der Waals surface area (Å²) >= 11 is 0. The molecule has 0 heterocycles. The number of carboxylic acid groups (broad SMARTS) is 1. The van der Waals surface area contributed by atoms with Gasteiger partial charge in [-0.05, 0) is 24.6 Å². The summed E-state index contributed by atoms with van der Waals surface area (Å²) < 4.78 is 29.6. The molecule has 0 bridgehead atoms. The number of aromatic carboxylic acids is 1. The van der Waals surface area contributed by atoms with Crippen molar-refractivity contribution in [3.8, 4) is 0 Å². The lowest BCUT2D eigenvalue weighted by atomic mass is 9.96. The quantitative estimate of drug-likeness (QED) is 0.859. The van der Waals surface area contributed by atoms with Gasteiger partial charge in [0.05, 0.1) is 5.56 Å². The molecule has 2 aromatic carbocycles. The van der Waals surface area contributed by atoms with Gasteiger partial charge in [0, 0.05) is 30.3 Å². The van der Waals surface area contributed by atoms with Crippen molar-refractivity contribution in [2.75, 3.05) is 13.6 Å². The average Bonchev–Trinajstić information content (AvgIpc) is 2.61. The van der Waals surface area contributed by atoms with Gasteiger partial charge in [-0.1, -0.05) is 37.3 Å². The van der Waals surface area contributed by atoms with Gasteiger partial charge in [0.1, 0.15) is 0 Å². The summed E-state index contributed by atoms with van der Waals surface area (Å²) in [6.07, 6.45) is 0.702. The molecule has 2 rings (SSSR count). The van der Waals surface area contributed by atoms with Gasteiger partial charge in [-0.15, -0.1) is 0 Å². The van der Waals surface area contributed by atoms with E-state index in [0.29, 0.717) is 13.0 Å². The van der Waals surface area contributed by atoms with Crippen molar-refractivity contribution in [1.82, 2.24) is 4.90 Å². The van der Waals surface area contributed by atoms with Gasteiger partial charge in [0.25, 0.3) is 11.8 Å². The minimum absolute atomic E-state index is 0.0681. The topological polar surface area (TPSA) is 57.6 Å². The molecule has 1 amide bonds. The van der Waals surface area contributed by atoms with Crippen LogP contribution in [-0.4, -0.2) is 35.5 Å².